The fourth-order valence-electron chi connectivity index (χ4n) is 10.7. The summed E-state index contributed by atoms with van der Waals surface area (Å²) in [5.41, 5.74) is 0.158. The van der Waals surface area contributed by atoms with Crippen molar-refractivity contribution in [2.24, 2.45) is 11.8 Å². The van der Waals surface area contributed by atoms with E-state index in [-0.39, 0.29) is 55.7 Å². The van der Waals surface area contributed by atoms with Gasteiger partial charge in [-0.2, -0.15) is 13.2 Å². The maximum Gasteiger partial charge on any atom is 0.407 e. The van der Waals surface area contributed by atoms with Gasteiger partial charge >= 0.3 is 6.18 Å². The normalized spacial score (nSPS) is 22.6. The molecule has 1 unspecified atom stereocenters. The molecule has 350 valence electrons. The van der Waals surface area contributed by atoms with Crippen LogP contribution in [0.5, 0.6) is 0 Å². The van der Waals surface area contributed by atoms with Gasteiger partial charge in [0.2, 0.25) is 11.8 Å². The molecule has 6 aliphatic rings. The van der Waals surface area contributed by atoms with E-state index in [1.54, 1.807) is 22.1 Å². The van der Waals surface area contributed by atoms with Crippen LogP contribution in [0, 0.1) is 18.4 Å². The zero-order valence-electron chi connectivity index (χ0n) is 37.0. The Morgan fingerprint density at radius 1 is 0.773 bits per heavy atom. The number of benzene rings is 2. The second-order valence-electron chi connectivity index (χ2n) is 18.8. The Morgan fingerprint density at radius 3 is 1.92 bits per heavy atom. The van der Waals surface area contributed by atoms with Crippen LogP contribution in [0.1, 0.15) is 72.9 Å². The first kappa shape index (κ1) is 45.4. The molecule has 1 aromatic heterocycles. The van der Waals surface area contributed by atoms with E-state index in [9.17, 15) is 32.3 Å². The number of piperazine rings is 1. The van der Waals surface area contributed by atoms with Crippen molar-refractivity contribution in [2.45, 2.75) is 75.8 Å². The molecule has 0 saturated carbocycles. The number of fused-ring (bicyclic) bond motifs is 1. The number of alkyl halides is 4. The Labute approximate surface area is 382 Å². The molecule has 0 aliphatic carbocycles. The van der Waals surface area contributed by atoms with E-state index in [4.69, 9.17) is 6.57 Å². The number of aromatic nitrogens is 1. The lowest BCUT2D eigenvalue weighted by Gasteiger charge is -2.41. The molecule has 6 aliphatic heterocycles. The summed E-state index contributed by atoms with van der Waals surface area (Å²) >= 11 is 0. The SMILES string of the molecule is [C-]#[N+]c1ccc(N2CCC(F)(C(=O)Nc3ccc(N4CCC(CN5CCN(CC6CCN(c7ccc8c(c7)CN(C7CCC(=O)NC7=O)C8=O)CC6)CC5)CC4)cn3)CC2)cc1C(F)(F)F. The number of carbonyl (C=O) groups is 4. The first-order chi connectivity index (χ1) is 31.7. The molecule has 66 heavy (non-hydrogen) atoms. The predicted octanol–water partition coefficient (Wildman–Crippen LogP) is 6.11. The van der Waals surface area contributed by atoms with Gasteiger partial charge in [-0.25, -0.2) is 14.2 Å². The molecule has 14 nitrogen and oxygen atoms in total. The molecule has 0 radical (unpaired) electrons. The summed E-state index contributed by atoms with van der Waals surface area (Å²) in [5.74, 6) is -0.142. The Balaban J connectivity index is 0.663. The van der Waals surface area contributed by atoms with E-state index in [0.717, 1.165) is 120 Å². The smallest absolute Gasteiger partial charge is 0.372 e. The molecule has 5 fully saturated rings. The van der Waals surface area contributed by atoms with Crippen LogP contribution >= 0.6 is 0 Å². The average molecular weight is 913 g/mol. The van der Waals surface area contributed by atoms with E-state index in [1.165, 1.54) is 6.07 Å². The van der Waals surface area contributed by atoms with Gasteiger partial charge in [0.05, 0.1) is 24.0 Å². The number of rotatable bonds is 10. The van der Waals surface area contributed by atoms with Crippen LogP contribution in [-0.2, 0) is 27.1 Å². The van der Waals surface area contributed by atoms with E-state index in [1.807, 2.05) is 18.2 Å². The van der Waals surface area contributed by atoms with Gasteiger partial charge in [-0.1, -0.05) is 6.07 Å². The summed E-state index contributed by atoms with van der Waals surface area (Å²) in [7, 11) is 0. The summed E-state index contributed by atoms with van der Waals surface area (Å²) in [6.07, 6.45) is 1.59. The number of amides is 4. The van der Waals surface area contributed by atoms with Gasteiger partial charge in [0.15, 0.2) is 11.4 Å². The number of pyridine rings is 1. The Bertz CT molecular complexity index is 2340. The number of carbonyl (C=O) groups excluding carboxylic acids is 4. The third kappa shape index (κ3) is 9.83. The number of piperidine rings is 4. The van der Waals surface area contributed by atoms with Crippen molar-refractivity contribution >= 4 is 52.2 Å². The third-order valence-electron chi connectivity index (χ3n) is 14.7. The first-order valence-electron chi connectivity index (χ1n) is 23.3. The molecule has 5 saturated heterocycles. The van der Waals surface area contributed by atoms with Crippen molar-refractivity contribution in [1.82, 2.24) is 25.0 Å². The summed E-state index contributed by atoms with van der Waals surface area (Å²) < 4.78 is 56.4. The van der Waals surface area contributed by atoms with E-state index < -0.39 is 41.0 Å². The summed E-state index contributed by atoms with van der Waals surface area (Å²) in [6, 6.07) is 12.4. The molecule has 2 N–H and O–H groups in total. The number of hydrogen-bond donors (Lipinski definition) is 2. The predicted molar refractivity (Wildman–Crippen MR) is 241 cm³/mol. The van der Waals surface area contributed by atoms with Crippen LogP contribution in [0.3, 0.4) is 0 Å². The van der Waals surface area contributed by atoms with Gasteiger partial charge in [-0.15, -0.1) is 0 Å². The van der Waals surface area contributed by atoms with Crippen molar-refractivity contribution in [3.8, 4) is 0 Å². The van der Waals surface area contributed by atoms with Crippen molar-refractivity contribution in [1.29, 1.82) is 0 Å². The Kier molecular flexibility index (Phi) is 12.9. The minimum absolute atomic E-state index is 0.0436. The fourth-order valence-corrected chi connectivity index (χ4v) is 10.7. The van der Waals surface area contributed by atoms with Gasteiger partial charge in [-0.05, 0) is 92.0 Å². The van der Waals surface area contributed by atoms with Crippen LogP contribution in [0.4, 0.5) is 46.1 Å². The van der Waals surface area contributed by atoms with Gasteiger partial charge in [-0.3, -0.25) is 24.5 Å². The molecule has 0 spiro atoms. The molecule has 7 heterocycles. The van der Waals surface area contributed by atoms with Gasteiger partial charge in [0.1, 0.15) is 11.9 Å². The maximum absolute atomic E-state index is 15.9. The zero-order valence-corrected chi connectivity index (χ0v) is 37.0. The van der Waals surface area contributed by atoms with Crippen molar-refractivity contribution in [3.63, 3.8) is 0 Å². The lowest BCUT2D eigenvalue weighted by atomic mass is 9.92. The summed E-state index contributed by atoms with van der Waals surface area (Å²) in [4.78, 5) is 70.9. The van der Waals surface area contributed by atoms with Crippen LogP contribution < -0.4 is 25.3 Å². The standard InChI is InChI=1S/C48H56F4N10O4/c1-53-40-6-3-36(27-39(40)48(50,51)52)61-20-14-47(49,15-21-61)46(66)55-42-8-4-37(28-54-42)60-18-12-33(13-19-60)30-58-24-22-57(23-25-58)29-32-10-16-59(17-11-32)35-2-5-38-34(26-35)31-62(45(38)65)41-7-9-43(63)56-44(41)64/h2-6,8,26-28,32-33,41H,7,9-25,29-31H2,(H,54,55,66)(H,56,63,64). The maximum atomic E-state index is 15.9. The van der Waals surface area contributed by atoms with E-state index in [0.29, 0.717) is 30.4 Å². The fraction of sp³-hybridized carbons (Fsp3) is 0.542. The molecule has 0 bridgehead atoms. The Hall–Kier alpha value is -5.80. The molecule has 1 atom stereocenters. The van der Waals surface area contributed by atoms with E-state index in [2.05, 4.69) is 46.1 Å². The second kappa shape index (κ2) is 18.8. The molecular weight excluding hydrogens is 857 g/mol. The van der Waals surface area contributed by atoms with Crippen LogP contribution in [-0.4, -0.2) is 134 Å². The molecule has 3 aromatic rings. The van der Waals surface area contributed by atoms with Crippen molar-refractivity contribution in [2.75, 3.05) is 98.6 Å². The van der Waals surface area contributed by atoms with Gasteiger partial charge < -0.3 is 34.7 Å². The quantitative estimate of drug-likeness (QED) is 0.140. The largest absolute Gasteiger partial charge is 0.407 e. The van der Waals surface area contributed by atoms with Crippen molar-refractivity contribution in [3.05, 3.63) is 82.8 Å². The zero-order chi connectivity index (χ0) is 46.2. The lowest BCUT2D eigenvalue weighted by Crippen LogP contribution is -2.52. The number of nitrogens with zero attached hydrogens (tertiary/aromatic N) is 8. The molecule has 4 amide bonds. The number of nitrogens with one attached hydrogen (secondary N) is 2. The monoisotopic (exact) mass is 912 g/mol. The van der Waals surface area contributed by atoms with Crippen molar-refractivity contribution < 1.29 is 36.7 Å². The number of halogens is 4. The second-order valence-corrected chi connectivity index (χ2v) is 18.8. The average Bonchev–Trinajstić information content (AvgIpc) is 3.64. The van der Waals surface area contributed by atoms with Crippen LogP contribution in [0.15, 0.2) is 54.7 Å². The molecule has 2 aromatic carbocycles. The van der Waals surface area contributed by atoms with Crippen LogP contribution in [0.25, 0.3) is 4.85 Å². The lowest BCUT2D eigenvalue weighted by molar-refractivity contribution is -0.138. The van der Waals surface area contributed by atoms with Gasteiger partial charge in [0.25, 0.3) is 11.8 Å². The number of imide groups is 1. The highest BCUT2D eigenvalue weighted by atomic mass is 19.4. The minimum atomic E-state index is -4.69. The highest BCUT2D eigenvalue weighted by molar-refractivity contribution is 6.05. The summed E-state index contributed by atoms with van der Waals surface area (Å²) in [5, 5.41) is 4.98. The minimum Gasteiger partial charge on any atom is -0.372 e. The first-order valence-corrected chi connectivity index (χ1v) is 23.3. The highest BCUT2D eigenvalue weighted by Crippen LogP contribution is 2.40. The number of hydrogen-bond acceptors (Lipinski definition) is 10. The third-order valence-corrected chi connectivity index (χ3v) is 14.7. The highest BCUT2D eigenvalue weighted by Gasteiger charge is 2.43. The topological polar surface area (TPSA) is 129 Å². The number of anilines is 4. The molecular formula is C48H56F4N10O4. The van der Waals surface area contributed by atoms with E-state index >= 15 is 4.39 Å². The molecule has 9 rings (SSSR count). The van der Waals surface area contributed by atoms with Crippen LogP contribution in [0.2, 0.25) is 0 Å². The summed E-state index contributed by atoms with van der Waals surface area (Å²) in [6.45, 7) is 17.8. The molecule has 18 heteroatoms. The Morgan fingerprint density at radius 2 is 1.35 bits per heavy atom. The van der Waals surface area contributed by atoms with Gasteiger partial charge in [0, 0.05) is 121 Å².